The van der Waals surface area contributed by atoms with Crippen LogP contribution in [0.1, 0.15) is 33.6 Å². The molecule has 1 aliphatic heterocycles. The largest absolute Gasteiger partial charge is 0.453 e. The fourth-order valence-corrected chi connectivity index (χ4v) is 2.01. The van der Waals surface area contributed by atoms with E-state index in [0.717, 1.165) is 6.42 Å². The van der Waals surface area contributed by atoms with E-state index in [4.69, 9.17) is 9.47 Å². The molecule has 1 amide bonds. The van der Waals surface area contributed by atoms with E-state index in [1.807, 2.05) is 22.6 Å². The summed E-state index contributed by atoms with van der Waals surface area (Å²) in [5.41, 5.74) is -0.544. The fourth-order valence-electron chi connectivity index (χ4n) is 1.70. The summed E-state index contributed by atoms with van der Waals surface area (Å²) in [5.74, 6) is -0.345. The van der Waals surface area contributed by atoms with Gasteiger partial charge in [0.1, 0.15) is 16.3 Å². The molecule has 1 rings (SSSR count). The lowest BCUT2D eigenvalue weighted by molar-refractivity contribution is -0.146. The second-order valence-corrected chi connectivity index (χ2v) is 5.53. The van der Waals surface area contributed by atoms with Crippen molar-refractivity contribution in [2.24, 2.45) is 0 Å². The maximum Gasteiger partial charge on any atom is 0.411 e. The number of hydrogen-bond acceptors (Lipinski definition) is 4. The average Bonchev–Trinajstić information content (AvgIpc) is 2.63. The number of nitrogens with zero attached hydrogens (tertiary/aromatic N) is 1. The predicted molar refractivity (Wildman–Crippen MR) is 70.9 cm³/mol. The molecule has 98 valence electrons. The van der Waals surface area contributed by atoms with Crippen LogP contribution in [-0.4, -0.2) is 39.8 Å². The molecule has 6 heteroatoms. The van der Waals surface area contributed by atoms with Gasteiger partial charge in [0.2, 0.25) is 0 Å². The van der Waals surface area contributed by atoms with Gasteiger partial charge < -0.3 is 9.47 Å². The van der Waals surface area contributed by atoms with Crippen molar-refractivity contribution in [2.45, 2.75) is 45.3 Å². The lowest BCUT2D eigenvalue weighted by Gasteiger charge is -2.27. The first-order valence-electron chi connectivity index (χ1n) is 5.57. The van der Waals surface area contributed by atoms with Gasteiger partial charge in [-0.1, -0.05) is 0 Å². The van der Waals surface area contributed by atoms with Crippen molar-refractivity contribution >= 4 is 34.7 Å². The summed E-state index contributed by atoms with van der Waals surface area (Å²) in [6.07, 6.45) is 1.01. The van der Waals surface area contributed by atoms with Gasteiger partial charge in [-0.15, -0.1) is 0 Å². The second-order valence-electron chi connectivity index (χ2n) is 4.90. The lowest BCUT2D eigenvalue weighted by atomic mass is 10.2. The molecule has 1 heterocycles. The Labute approximate surface area is 115 Å². The number of ether oxygens (including phenoxy) is 2. The Morgan fingerprint density at radius 2 is 2.06 bits per heavy atom. The van der Waals surface area contributed by atoms with Crippen molar-refractivity contribution in [2.75, 3.05) is 11.2 Å². The molecule has 0 bridgehead atoms. The molecular weight excluding hydrogens is 337 g/mol. The third-order valence-electron chi connectivity index (χ3n) is 2.35. The van der Waals surface area contributed by atoms with Gasteiger partial charge in [0.25, 0.3) is 0 Å². The van der Waals surface area contributed by atoms with Gasteiger partial charge in [-0.3, -0.25) is 4.90 Å². The van der Waals surface area contributed by atoms with Crippen LogP contribution in [0.2, 0.25) is 0 Å². The van der Waals surface area contributed by atoms with E-state index in [1.54, 1.807) is 20.8 Å². The minimum atomic E-state index is -0.544. The molecule has 0 aromatic rings. The minimum Gasteiger partial charge on any atom is -0.453 e. The second kappa shape index (κ2) is 5.88. The van der Waals surface area contributed by atoms with Gasteiger partial charge in [0, 0.05) is 6.54 Å². The Bertz CT molecular complexity index is 300. The van der Waals surface area contributed by atoms with Crippen molar-refractivity contribution in [1.29, 1.82) is 0 Å². The van der Waals surface area contributed by atoms with Gasteiger partial charge >= 0.3 is 12.1 Å². The highest BCUT2D eigenvalue weighted by molar-refractivity contribution is 14.1. The minimum absolute atomic E-state index is 0.301. The Balaban J connectivity index is 2.63. The smallest absolute Gasteiger partial charge is 0.411 e. The van der Waals surface area contributed by atoms with Gasteiger partial charge in [-0.2, -0.15) is 0 Å². The molecule has 0 saturated carbocycles. The number of alkyl halides is 1. The zero-order valence-corrected chi connectivity index (χ0v) is 12.5. The molecule has 1 atom stereocenters. The third-order valence-corrected chi connectivity index (χ3v) is 2.66. The van der Waals surface area contributed by atoms with E-state index in [9.17, 15) is 9.59 Å². The first kappa shape index (κ1) is 14.5. The molecule has 0 radical (unpaired) electrons. The number of esters is 1. The van der Waals surface area contributed by atoms with Gasteiger partial charge in [0.05, 0.1) is 0 Å². The number of carbonyl (C=O) groups is 2. The molecule has 0 spiro atoms. The Morgan fingerprint density at radius 3 is 2.59 bits per heavy atom. The van der Waals surface area contributed by atoms with Crippen LogP contribution in [0, 0.1) is 0 Å². The van der Waals surface area contributed by atoms with Crippen LogP contribution in [0.3, 0.4) is 0 Å². The molecule has 0 aromatic carbocycles. The molecule has 1 unspecified atom stereocenters. The summed E-state index contributed by atoms with van der Waals surface area (Å²) in [6.45, 7) is 5.97. The van der Waals surface area contributed by atoms with Crippen LogP contribution in [0.4, 0.5) is 4.79 Å². The Hall–Kier alpha value is -0.530. The normalized spacial score (nSPS) is 20.2. The molecular formula is C11H18INO4. The summed E-state index contributed by atoms with van der Waals surface area (Å²) in [7, 11) is 0. The van der Waals surface area contributed by atoms with E-state index in [2.05, 4.69) is 0 Å². The predicted octanol–water partition coefficient (Wildman–Crippen LogP) is 2.32. The first-order chi connectivity index (χ1) is 7.85. The quantitative estimate of drug-likeness (QED) is 0.433. The maximum atomic E-state index is 11.9. The van der Waals surface area contributed by atoms with E-state index in [-0.39, 0.29) is 5.97 Å². The number of hydrogen-bond donors (Lipinski definition) is 0. The molecule has 5 nitrogen and oxygen atoms in total. The number of rotatable bonds is 2. The monoisotopic (exact) mass is 355 g/mol. The number of amides is 1. The highest BCUT2D eigenvalue weighted by atomic mass is 127. The first-order valence-corrected chi connectivity index (χ1v) is 7.10. The van der Waals surface area contributed by atoms with E-state index in [1.165, 1.54) is 4.90 Å². The summed E-state index contributed by atoms with van der Waals surface area (Å²) in [6, 6.07) is -0.486. The van der Waals surface area contributed by atoms with E-state index >= 15 is 0 Å². The number of carbonyl (C=O) groups excluding carboxylic acids is 2. The van der Waals surface area contributed by atoms with Crippen molar-refractivity contribution in [3.05, 3.63) is 0 Å². The molecule has 0 aliphatic carbocycles. The van der Waals surface area contributed by atoms with Crippen LogP contribution in [-0.2, 0) is 14.3 Å². The van der Waals surface area contributed by atoms with E-state index in [0.29, 0.717) is 17.6 Å². The Morgan fingerprint density at radius 1 is 1.41 bits per heavy atom. The molecule has 0 aromatic heterocycles. The van der Waals surface area contributed by atoms with Crippen LogP contribution >= 0.6 is 22.6 Å². The third kappa shape index (κ3) is 4.33. The summed E-state index contributed by atoms with van der Waals surface area (Å²) < 4.78 is 10.5. The van der Waals surface area contributed by atoms with Gasteiger partial charge in [-0.25, -0.2) is 9.59 Å². The summed E-state index contributed by atoms with van der Waals surface area (Å²) in [5, 5.41) is 0. The van der Waals surface area contributed by atoms with Crippen LogP contribution in [0.5, 0.6) is 0 Å². The van der Waals surface area contributed by atoms with Crippen molar-refractivity contribution in [1.82, 2.24) is 4.90 Å². The van der Waals surface area contributed by atoms with Crippen molar-refractivity contribution < 1.29 is 19.1 Å². The maximum absolute atomic E-state index is 11.9. The molecule has 1 saturated heterocycles. The standard InChI is InChI=1S/C11H18INO4/c1-11(2,3)17-10(15)13-6-4-5-8(13)9(14)16-7-12/h8H,4-7H2,1-3H3. The lowest BCUT2D eigenvalue weighted by Crippen LogP contribution is -2.43. The van der Waals surface area contributed by atoms with Crippen molar-refractivity contribution in [3.8, 4) is 0 Å². The van der Waals surface area contributed by atoms with Crippen LogP contribution in [0.15, 0.2) is 0 Å². The SMILES string of the molecule is CC(C)(C)OC(=O)N1CCCC1C(=O)OCI. The number of halogens is 1. The highest BCUT2D eigenvalue weighted by Crippen LogP contribution is 2.21. The molecule has 0 N–H and O–H groups in total. The summed E-state index contributed by atoms with van der Waals surface area (Å²) in [4.78, 5) is 25.0. The topological polar surface area (TPSA) is 55.8 Å². The zero-order valence-electron chi connectivity index (χ0n) is 10.4. The summed E-state index contributed by atoms with van der Waals surface area (Å²) >= 11 is 1.96. The number of likely N-dealkylation sites (tertiary alicyclic amines) is 1. The van der Waals surface area contributed by atoms with Crippen molar-refractivity contribution in [3.63, 3.8) is 0 Å². The Kier molecular flexibility index (Phi) is 5.03. The van der Waals surface area contributed by atoms with Gasteiger partial charge in [0.15, 0.2) is 0 Å². The molecule has 17 heavy (non-hydrogen) atoms. The molecule has 1 fully saturated rings. The van der Waals surface area contributed by atoms with Crippen LogP contribution < -0.4 is 0 Å². The zero-order chi connectivity index (χ0) is 13.1. The highest BCUT2D eigenvalue weighted by Gasteiger charge is 2.37. The van der Waals surface area contributed by atoms with Gasteiger partial charge in [-0.05, 0) is 56.2 Å². The van der Waals surface area contributed by atoms with E-state index < -0.39 is 17.7 Å². The fraction of sp³-hybridized carbons (Fsp3) is 0.818. The molecule has 1 aliphatic rings. The van der Waals surface area contributed by atoms with Crippen LogP contribution in [0.25, 0.3) is 0 Å². The average molecular weight is 355 g/mol.